The molecular formula is C8H14BrNO6. The first kappa shape index (κ1) is 13.8. The first-order valence-corrected chi connectivity index (χ1v) is 5.79. The summed E-state index contributed by atoms with van der Waals surface area (Å²) in [5, 5.41) is 39.6. The Bertz CT molecular complexity index is 251. The van der Waals surface area contributed by atoms with Gasteiger partial charge in [0.15, 0.2) is 6.23 Å². The topological polar surface area (TPSA) is 119 Å². The molecule has 0 radical (unpaired) electrons. The molecule has 1 fully saturated rings. The van der Waals surface area contributed by atoms with Gasteiger partial charge >= 0.3 is 0 Å². The number of carbonyl (C=O) groups excluding carboxylic acids is 1. The standard InChI is InChI=1S/C8H14BrNO6/c9-1-4(12)10-8-7(15)6(14)5(13)3(2-11)16-8/h3,5-8,11,13-15H,1-2H2,(H,10,12)/t3-,5+,6+,7-,8-/m1/s1. The Labute approximate surface area is 100 Å². The fourth-order valence-corrected chi connectivity index (χ4v) is 1.58. The van der Waals surface area contributed by atoms with E-state index < -0.39 is 43.2 Å². The Morgan fingerprint density at radius 1 is 1.25 bits per heavy atom. The van der Waals surface area contributed by atoms with Crippen molar-refractivity contribution < 1.29 is 30.0 Å². The lowest BCUT2D eigenvalue weighted by atomic mass is 9.98. The summed E-state index contributed by atoms with van der Waals surface area (Å²) >= 11 is 2.91. The number of halogens is 1. The molecule has 0 aromatic carbocycles. The van der Waals surface area contributed by atoms with Crippen LogP contribution < -0.4 is 5.32 Å². The SMILES string of the molecule is O=C(CBr)N[C@@H]1O[C@H](CO)[C@H](O)[C@H](O)[C@H]1O. The third kappa shape index (κ3) is 2.90. The van der Waals surface area contributed by atoms with Crippen LogP contribution in [0.4, 0.5) is 0 Å². The molecule has 1 saturated heterocycles. The summed E-state index contributed by atoms with van der Waals surface area (Å²) < 4.78 is 5.04. The molecule has 0 spiro atoms. The van der Waals surface area contributed by atoms with Gasteiger partial charge in [-0.3, -0.25) is 4.79 Å². The highest BCUT2D eigenvalue weighted by Crippen LogP contribution is 2.19. The number of alkyl halides is 1. The summed E-state index contributed by atoms with van der Waals surface area (Å²) in [6.45, 7) is -0.522. The summed E-state index contributed by atoms with van der Waals surface area (Å²) in [6.07, 6.45) is -6.51. The Kier molecular flexibility index (Phi) is 5.09. The normalized spacial score (nSPS) is 39.4. The molecule has 16 heavy (non-hydrogen) atoms. The molecule has 1 aliphatic rings. The van der Waals surface area contributed by atoms with Gasteiger partial charge in [-0.2, -0.15) is 0 Å². The number of aliphatic hydroxyl groups is 4. The van der Waals surface area contributed by atoms with Crippen molar-refractivity contribution in [2.45, 2.75) is 30.6 Å². The van der Waals surface area contributed by atoms with Crippen molar-refractivity contribution in [3.05, 3.63) is 0 Å². The van der Waals surface area contributed by atoms with E-state index in [2.05, 4.69) is 21.2 Å². The van der Waals surface area contributed by atoms with E-state index >= 15 is 0 Å². The van der Waals surface area contributed by atoms with Crippen molar-refractivity contribution in [3.8, 4) is 0 Å². The molecule has 0 bridgehead atoms. The van der Waals surface area contributed by atoms with Crippen LogP contribution in [0.15, 0.2) is 0 Å². The van der Waals surface area contributed by atoms with Crippen LogP contribution in [0.25, 0.3) is 0 Å². The van der Waals surface area contributed by atoms with E-state index in [1.807, 2.05) is 0 Å². The molecule has 0 aromatic heterocycles. The van der Waals surface area contributed by atoms with E-state index in [0.717, 1.165) is 0 Å². The van der Waals surface area contributed by atoms with Crippen molar-refractivity contribution in [1.29, 1.82) is 0 Å². The number of aliphatic hydroxyl groups excluding tert-OH is 4. The molecule has 8 heteroatoms. The van der Waals surface area contributed by atoms with E-state index in [-0.39, 0.29) is 5.33 Å². The molecule has 5 N–H and O–H groups in total. The quantitative estimate of drug-likeness (QED) is 0.362. The zero-order valence-electron chi connectivity index (χ0n) is 8.28. The number of hydrogen-bond donors (Lipinski definition) is 5. The van der Waals surface area contributed by atoms with Gasteiger partial charge in [0.2, 0.25) is 5.91 Å². The smallest absolute Gasteiger partial charge is 0.232 e. The van der Waals surface area contributed by atoms with E-state index in [1.54, 1.807) is 0 Å². The van der Waals surface area contributed by atoms with Gasteiger partial charge in [-0.1, -0.05) is 15.9 Å². The van der Waals surface area contributed by atoms with Crippen LogP contribution >= 0.6 is 15.9 Å². The Hall–Kier alpha value is -0.250. The zero-order chi connectivity index (χ0) is 12.3. The number of ether oxygens (including phenoxy) is 1. The van der Waals surface area contributed by atoms with E-state index in [9.17, 15) is 20.1 Å². The highest BCUT2D eigenvalue weighted by atomic mass is 79.9. The van der Waals surface area contributed by atoms with E-state index in [0.29, 0.717) is 0 Å². The minimum absolute atomic E-state index is 0.0159. The molecule has 0 saturated carbocycles. The molecule has 1 rings (SSSR count). The fraction of sp³-hybridized carbons (Fsp3) is 0.875. The molecule has 1 heterocycles. The summed E-state index contributed by atoms with van der Waals surface area (Å²) in [5.41, 5.74) is 0. The van der Waals surface area contributed by atoms with Gasteiger partial charge in [0.1, 0.15) is 24.4 Å². The van der Waals surface area contributed by atoms with Gasteiger partial charge in [-0.05, 0) is 0 Å². The predicted molar refractivity (Wildman–Crippen MR) is 55.7 cm³/mol. The summed E-state index contributed by atoms with van der Waals surface area (Å²) in [6, 6.07) is 0. The first-order chi connectivity index (χ1) is 7.51. The van der Waals surface area contributed by atoms with Gasteiger partial charge in [0.05, 0.1) is 11.9 Å². The van der Waals surface area contributed by atoms with E-state index in [1.165, 1.54) is 0 Å². The summed E-state index contributed by atoms with van der Waals surface area (Å²) in [7, 11) is 0. The highest BCUT2D eigenvalue weighted by Gasteiger charge is 2.43. The fourth-order valence-electron chi connectivity index (χ4n) is 1.42. The number of amides is 1. The molecular weight excluding hydrogens is 286 g/mol. The molecule has 0 unspecified atom stereocenters. The molecule has 7 nitrogen and oxygen atoms in total. The average Bonchev–Trinajstić information content (AvgIpc) is 2.29. The van der Waals surface area contributed by atoms with Crippen LogP contribution in [0, 0.1) is 0 Å². The Balaban J connectivity index is 2.67. The van der Waals surface area contributed by atoms with Crippen molar-refractivity contribution in [1.82, 2.24) is 5.32 Å². The molecule has 1 amide bonds. The minimum Gasteiger partial charge on any atom is -0.394 e. The Morgan fingerprint density at radius 2 is 1.88 bits per heavy atom. The largest absolute Gasteiger partial charge is 0.394 e. The van der Waals surface area contributed by atoms with Crippen molar-refractivity contribution in [3.63, 3.8) is 0 Å². The zero-order valence-corrected chi connectivity index (χ0v) is 9.87. The first-order valence-electron chi connectivity index (χ1n) is 4.67. The maximum absolute atomic E-state index is 11.1. The number of carbonyl (C=O) groups is 1. The maximum Gasteiger partial charge on any atom is 0.232 e. The van der Waals surface area contributed by atoms with Crippen LogP contribution in [-0.4, -0.2) is 68.9 Å². The number of nitrogens with one attached hydrogen (secondary N) is 1. The van der Waals surface area contributed by atoms with Crippen LogP contribution in [0.3, 0.4) is 0 Å². The molecule has 0 aromatic rings. The third-order valence-corrected chi connectivity index (χ3v) is 2.83. The average molecular weight is 300 g/mol. The highest BCUT2D eigenvalue weighted by molar-refractivity contribution is 9.09. The molecule has 0 aliphatic carbocycles. The van der Waals surface area contributed by atoms with Gasteiger partial charge in [0.25, 0.3) is 0 Å². The number of hydrogen-bond acceptors (Lipinski definition) is 6. The molecule has 5 atom stereocenters. The van der Waals surface area contributed by atoms with Crippen LogP contribution in [0.2, 0.25) is 0 Å². The minimum atomic E-state index is -1.48. The van der Waals surface area contributed by atoms with Crippen LogP contribution in [-0.2, 0) is 9.53 Å². The second-order valence-electron chi connectivity index (χ2n) is 3.45. The van der Waals surface area contributed by atoms with Gasteiger partial charge < -0.3 is 30.5 Å². The third-order valence-electron chi connectivity index (χ3n) is 2.32. The molecule has 1 aliphatic heterocycles. The maximum atomic E-state index is 11.1. The van der Waals surface area contributed by atoms with Gasteiger partial charge in [-0.25, -0.2) is 0 Å². The molecule has 94 valence electrons. The van der Waals surface area contributed by atoms with Crippen LogP contribution in [0.5, 0.6) is 0 Å². The lowest BCUT2D eigenvalue weighted by Gasteiger charge is -2.40. The van der Waals surface area contributed by atoms with Gasteiger partial charge in [0, 0.05) is 0 Å². The van der Waals surface area contributed by atoms with Crippen molar-refractivity contribution in [2.24, 2.45) is 0 Å². The number of rotatable bonds is 3. The second kappa shape index (κ2) is 5.89. The monoisotopic (exact) mass is 299 g/mol. The van der Waals surface area contributed by atoms with E-state index in [4.69, 9.17) is 9.84 Å². The Morgan fingerprint density at radius 3 is 2.38 bits per heavy atom. The summed E-state index contributed by atoms with van der Waals surface area (Å²) in [5.74, 6) is -0.440. The van der Waals surface area contributed by atoms with Crippen LogP contribution in [0.1, 0.15) is 0 Å². The lowest BCUT2D eigenvalue weighted by Crippen LogP contribution is -2.63. The van der Waals surface area contributed by atoms with Crippen molar-refractivity contribution >= 4 is 21.8 Å². The lowest BCUT2D eigenvalue weighted by molar-refractivity contribution is -0.235. The predicted octanol–water partition coefficient (Wildman–Crippen LogP) is -2.70. The van der Waals surface area contributed by atoms with Crippen molar-refractivity contribution in [2.75, 3.05) is 11.9 Å². The second-order valence-corrected chi connectivity index (χ2v) is 4.01. The van der Waals surface area contributed by atoms with Gasteiger partial charge in [-0.15, -0.1) is 0 Å². The summed E-state index contributed by atoms with van der Waals surface area (Å²) in [4.78, 5) is 11.1.